The molecule has 6 nitrogen and oxygen atoms in total. The molecule has 0 aromatic carbocycles. The molecule has 0 aliphatic carbocycles. The lowest BCUT2D eigenvalue weighted by Crippen LogP contribution is -2.42. The maximum absolute atomic E-state index is 13.0. The zero-order chi connectivity index (χ0) is 16.7. The fourth-order valence-corrected chi connectivity index (χ4v) is 3.89. The van der Waals surface area contributed by atoms with Crippen molar-refractivity contribution in [3.05, 3.63) is 16.0 Å². The van der Waals surface area contributed by atoms with E-state index in [1.54, 1.807) is 4.68 Å². The van der Waals surface area contributed by atoms with E-state index in [1.165, 1.54) is 6.42 Å². The zero-order valence-corrected chi connectivity index (χ0v) is 14.8. The highest BCUT2D eigenvalue weighted by molar-refractivity contribution is 5.77. The number of rotatable bonds is 3. The lowest BCUT2D eigenvalue weighted by Gasteiger charge is -2.36. The average Bonchev–Trinajstić information content (AvgIpc) is 2.75. The van der Waals surface area contributed by atoms with Gasteiger partial charge in [0.2, 0.25) is 5.95 Å². The molecular formula is C17H27N5O. The Morgan fingerprint density at radius 3 is 2.48 bits per heavy atom. The molecule has 0 amide bonds. The lowest BCUT2D eigenvalue weighted by atomic mass is 9.92. The predicted octanol–water partition coefficient (Wildman–Crippen LogP) is 2.33. The van der Waals surface area contributed by atoms with E-state index < -0.39 is 0 Å². The second-order valence-electron chi connectivity index (χ2n) is 7.13. The molecule has 2 atom stereocenters. The fourth-order valence-electron chi connectivity index (χ4n) is 3.89. The molecule has 0 N–H and O–H groups in total. The first-order valence-electron chi connectivity index (χ1n) is 8.61. The van der Waals surface area contributed by atoms with Gasteiger partial charge in [0.1, 0.15) is 5.52 Å². The van der Waals surface area contributed by atoms with Gasteiger partial charge < -0.3 is 4.90 Å². The highest BCUT2D eigenvalue weighted by Crippen LogP contribution is 2.26. The van der Waals surface area contributed by atoms with Gasteiger partial charge in [-0.05, 0) is 31.6 Å². The number of anilines is 1. The summed E-state index contributed by atoms with van der Waals surface area (Å²) >= 11 is 0. The van der Waals surface area contributed by atoms with Crippen molar-refractivity contribution >= 4 is 17.0 Å². The fraction of sp³-hybridized carbons (Fsp3) is 0.706. The van der Waals surface area contributed by atoms with E-state index >= 15 is 0 Å². The van der Waals surface area contributed by atoms with Crippen molar-refractivity contribution in [3.63, 3.8) is 0 Å². The maximum atomic E-state index is 13.0. The van der Waals surface area contributed by atoms with Crippen molar-refractivity contribution in [2.24, 2.45) is 18.9 Å². The smallest absolute Gasteiger partial charge is 0.281 e. The van der Waals surface area contributed by atoms with Crippen LogP contribution in [0, 0.1) is 18.8 Å². The van der Waals surface area contributed by atoms with E-state index in [4.69, 9.17) is 4.98 Å². The molecule has 3 heterocycles. The van der Waals surface area contributed by atoms with E-state index in [-0.39, 0.29) is 5.56 Å². The SMILES string of the molecule is CCCn1c(N2C[C@@H](C)C[C@H](C)C2)nc2c(C)nn(C)c2c1=O. The van der Waals surface area contributed by atoms with Crippen LogP contribution in [-0.2, 0) is 13.6 Å². The molecule has 0 spiro atoms. The van der Waals surface area contributed by atoms with Crippen LogP contribution < -0.4 is 10.5 Å². The van der Waals surface area contributed by atoms with Crippen LogP contribution in [-0.4, -0.2) is 32.4 Å². The highest BCUT2D eigenvalue weighted by Gasteiger charge is 2.26. The lowest BCUT2D eigenvalue weighted by molar-refractivity contribution is 0.350. The summed E-state index contributed by atoms with van der Waals surface area (Å²) in [5.41, 5.74) is 2.20. The number of piperidine rings is 1. The first-order valence-corrected chi connectivity index (χ1v) is 8.61. The molecule has 2 aromatic heterocycles. The number of aryl methyl sites for hydroxylation is 2. The van der Waals surface area contributed by atoms with Crippen LogP contribution in [0.4, 0.5) is 5.95 Å². The molecule has 126 valence electrons. The van der Waals surface area contributed by atoms with Crippen LogP contribution in [0.5, 0.6) is 0 Å². The summed E-state index contributed by atoms with van der Waals surface area (Å²) in [4.78, 5) is 20.2. The van der Waals surface area contributed by atoms with Gasteiger partial charge in [-0.3, -0.25) is 14.0 Å². The minimum absolute atomic E-state index is 0.0285. The molecule has 3 rings (SSSR count). The Morgan fingerprint density at radius 1 is 1.22 bits per heavy atom. The molecule has 0 radical (unpaired) electrons. The summed E-state index contributed by atoms with van der Waals surface area (Å²) < 4.78 is 3.51. The summed E-state index contributed by atoms with van der Waals surface area (Å²) in [6.45, 7) is 11.2. The van der Waals surface area contributed by atoms with Crippen LogP contribution in [0.25, 0.3) is 11.0 Å². The molecule has 23 heavy (non-hydrogen) atoms. The minimum Gasteiger partial charge on any atom is -0.342 e. The Morgan fingerprint density at radius 2 is 1.87 bits per heavy atom. The van der Waals surface area contributed by atoms with Gasteiger partial charge in [0.15, 0.2) is 5.52 Å². The topological polar surface area (TPSA) is 56.0 Å². The Hall–Kier alpha value is -1.85. The number of fused-ring (bicyclic) bond motifs is 1. The standard InChI is InChI=1S/C17H27N5O/c1-6-7-22-16(23)15-14(13(4)19-20(15)5)18-17(22)21-9-11(2)8-12(3)10-21/h11-12H,6-10H2,1-5H3/t11-,12-/m0/s1. The van der Waals surface area contributed by atoms with Crippen molar-refractivity contribution in [2.45, 2.75) is 47.1 Å². The quantitative estimate of drug-likeness (QED) is 0.872. The van der Waals surface area contributed by atoms with Crippen LogP contribution >= 0.6 is 0 Å². The van der Waals surface area contributed by atoms with Crippen molar-refractivity contribution < 1.29 is 0 Å². The summed E-state index contributed by atoms with van der Waals surface area (Å²) in [6.07, 6.45) is 2.15. The van der Waals surface area contributed by atoms with Gasteiger partial charge in [-0.15, -0.1) is 0 Å². The second-order valence-corrected chi connectivity index (χ2v) is 7.13. The first kappa shape index (κ1) is 16.0. The Kier molecular flexibility index (Phi) is 4.17. The summed E-state index contributed by atoms with van der Waals surface area (Å²) in [7, 11) is 1.82. The normalized spacial score (nSPS) is 22.0. The van der Waals surface area contributed by atoms with Gasteiger partial charge in [0.25, 0.3) is 5.56 Å². The monoisotopic (exact) mass is 317 g/mol. The van der Waals surface area contributed by atoms with E-state index in [0.29, 0.717) is 23.9 Å². The minimum atomic E-state index is 0.0285. The van der Waals surface area contributed by atoms with Gasteiger partial charge in [-0.25, -0.2) is 4.98 Å². The van der Waals surface area contributed by atoms with Crippen molar-refractivity contribution in [3.8, 4) is 0 Å². The summed E-state index contributed by atoms with van der Waals surface area (Å²) in [5, 5.41) is 4.39. The van der Waals surface area contributed by atoms with E-state index in [0.717, 1.165) is 36.7 Å². The van der Waals surface area contributed by atoms with E-state index in [2.05, 4.69) is 30.8 Å². The Balaban J connectivity index is 2.20. The van der Waals surface area contributed by atoms with Crippen LogP contribution in [0.3, 0.4) is 0 Å². The highest BCUT2D eigenvalue weighted by atomic mass is 16.1. The Bertz CT molecular complexity index is 765. The molecule has 0 bridgehead atoms. The number of hydrogen-bond donors (Lipinski definition) is 0. The number of hydrogen-bond acceptors (Lipinski definition) is 4. The van der Waals surface area contributed by atoms with Crippen molar-refractivity contribution in [2.75, 3.05) is 18.0 Å². The van der Waals surface area contributed by atoms with Crippen molar-refractivity contribution in [1.82, 2.24) is 19.3 Å². The predicted molar refractivity (Wildman–Crippen MR) is 93.0 cm³/mol. The third-order valence-electron chi connectivity index (χ3n) is 4.69. The largest absolute Gasteiger partial charge is 0.342 e. The van der Waals surface area contributed by atoms with Gasteiger partial charge >= 0.3 is 0 Å². The molecule has 0 saturated carbocycles. The molecule has 0 unspecified atom stereocenters. The molecule has 1 aliphatic rings. The molecule has 6 heteroatoms. The second kappa shape index (κ2) is 5.98. The van der Waals surface area contributed by atoms with Gasteiger partial charge in [0, 0.05) is 26.7 Å². The molecule has 1 saturated heterocycles. The Labute approximate surface area is 137 Å². The molecular weight excluding hydrogens is 290 g/mol. The average molecular weight is 317 g/mol. The van der Waals surface area contributed by atoms with E-state index in [9.17, 15) is 4.79 Å². The number of nitrogens with zero attached hydrogens (tertiary/aromatic N) is 5. The van der Waals surface area contributed by atoms with Crippen LogP contribution in [0.15, 0.2) is 4.79 Å². The first-order chi connectivity index (χ1) is 10.9. The summed E-state index contributed by atoms with van der Waals surface area (Å²) in [5.74, 6) is 2.06. The van der Waals surface area contributed by atoms with Crippen LogP contribution in [0.1, 0.15) is 39.3 Å². The zero-order valence-electron chi connectivity index (χ0n) is 14.8. The molecule has 2 aromatic rings. The van der Waals surface area contributed by atoms with Gasteiger partial charge in [0.05, 0.1) is 5.69 Å². The molecule has 1 aliphatic heterocycles. The third kappa shape index (κ3) is 2.75. The van der Waals surface area contributed by atoms with Crippen molar-refractivity contribution in [1.29, 1.82) is 0 Å². The number of aromatic nitrogens is 4. The molecule has 1 fully saturated rings. The van der Waals surface area contributed by atoms with Gasteiger partial charge in [-0.1, -0.05) is 20.8 Å². The van der Waals surface area contributed by atoms with Gasteiger partial charge in [-0.2, -0.15) is 5.10 Å². The van der Waals surface area contributed by atoms with Crippen LogP contribution in [0.2, 0.25) is 0 Å². The summed E-state index contributed by atoms with van der Waals surface area (Å²) in [6, 6.07) is 0. The maximum Gasteiger partial charge on any atom is 0.281 e. The third-order valence-corrected chi connectivity index (χ3v) is 4.69. The van der Waals surface area contributed by atoms with E-state index in [1.807, 2.05) is 18.5 Å².